The van der Waals surface area contributed by atoms with Crippen LogP contribution in [0.1, 0.15) is 19.8 Å². The highest BCUT2D eigenvalue weighted by Crippen LogP contribution is 2.24. The average molecular weight is 441 g/mol. The lowest BCUT2D eigenvalue weighted by atomic mass is 10.0. The number of aromatic nitrogens is 2. The van der Waals surface area contributed by atoms with Gasteiger partial charge in [-0.2, -0.15) is 9.40 Å². The summed E-state index contributed by atoms with van der Waals surface area (Å²) in [5.41, 5.74) is 0.107. The lowest BCUT2D eigenvalue weighted by Gasteiger charge is -2.30. The van der Waals surface area contributed by atoms with E-state index in [2.05, 4.69) is 17.3 Å². The van der Waals surface area contributed by atoms with E-state index in [0.717, 1.165) is 17.5 Å². The van der Waals surface area contributed by atoms with E-state index < -0.39 is 15.9 Å². The number of carbonyl (C=O) groups is 1. The first-order chi connectivity index (χ1) is 14.8. The Morgan fingerprint density at radius 1 is 1.16 bits per heavy atom. The molecule has 3 aromatic rings. The van der Waals surface area contributed by atoms with Crippen molar-refractivity contribution in [3.63, 3.8) is 0 Å². The van der Waals surface area contributed by atoms with Gasteiger partial charge in [-0.25, -0.2) is 13.1 Å². The lowest BCUT2D eigenvalue weighted by molar-refractivity contribution is -0.117. The molecule has 8 nitrogen and oxygen atoms in total. The summed E-state index contributed by atoms with van der Waals surface area (Å²) in [6, 6.07) is 13.1. The second kappa shape index (κ2) is 8.60. The van der Waals surface area contributed by atoms with Crippen LogP contribution in [0.5, 0.6) is 0 Å². The standard InChI is InChI=1S/C22H24N4O4S/c1-16-5-4-12-25(14-16)31(29,30)19-10-8-18(9-11-19)24-21(27)15-26-22(28)20-7-3-2-6-17(20)13-23-26/h2-3,6-11,13,16H,4-5,12,14-15H2,1H3,(H,24,27). The van der Waals surface area contributed by atoms with E-state index in [1.807, 2.05) is 6.07 Å². The van der Waals surface area contributed by atoms with Crippen molar-refractivity contribution < 1.29 is 13.2 Å². The second-order valence-electron chi connectivity index (χ2n) is 7.88. The Bertz CT molecular complexity index is 1270. The van der Waals surface area contributed by atoms with E-state index in [1.165, 1.54) is 16.4 Å². The summed E-state index contributed by atoms with van der Waals surface area (Å²) in [7, 11) is -3.55. The molecule has 1 aromatic heterocycles. The van der Waals surface area contributed by atoms with Gasteiger partial charge in [0.15, 0.2) is 0 Å². The molecule has 1 aliphatic rings. The van der Waals surface area contributed by atoms with Gasteiger partial charge in [-0.15, -0.1) is 0 Å². The van der Waals surface area contributed by atoms with Gasteiger partial charge in [0.1, 0.15) is 6.54 Å². The van der Waals surface area contributed by atoms with Gasteiger partial charge < -0.3 is 5.32 Å². The maximum Gasteiger partial charge on any atom is 0.275 e. The highest BCUT2D eigenvalue weighted by atomic mass is 32.2. The van der Waals surface area contributed by atoms with E-state index in [9.17, 15) is 18.0 Å². The number of piperidine rings is 1. The molecule has 1 saturated heterocycles. The third-order valence-corrected chi connectivity index (χ3v) is 7.33. The molecule has 0 radical (unpaired) electrons. The topological polar surface area (TPSA) is 101 Å². The van der Waals surface area contributed by atoms with Crippen LogP contribution in [-0.4, -0.2) is 41.5 Å². The number of rotatable bonds is 5. The minimum Gasteiger partial charge on any atom is -0.324 e. The summed E-state index contributed by atoms with van der Waals surface area (Å²) < 4.78 is 28.3. The Kier molecular flexibility index (Phi) is 5.88. The quantitative estimate of drug-likeness (QED) is 0.657. The third-order valence-electron chi connectivity index (χ3n) is 5.45. The first kappa shape index (κ1) is 21.2. The Morgan fingerprint density at radius 3 is 2.65 bits per heavy atom. The zero-order chi connectivity index (χ0) is 22.0. The molecular weight excluding hydrogens is 416 g/mol. The molecule has 2 heterocycles. The number of benzene rings is 2. The smallest absolute Gasteiger partial charge is 0.275 e. The van der Waals surface area contributed by atoms with Crippen LogP contribution in [0.25, 0.3) is 10.8 Å². The normalized spacial score (nSPS) is 17.5. The molecule has 162 valence electrons. The van der Waals surface area contributed by atoms with Gasteiger partial charge in [-0.1, -0.05) is 25.1 Å². The highest BCUT2D eigenvalue weighted by molar-refractivity contribution is 7.89. The molecule has 1 fully saturated rings. The van der Waals surface area contributed by atoms with Gasteiger partial charge in [0.2, 0.25) is 15.9 Å². The number of nitrogens with zero attached hydrogens (tertiary/aromatic N) is 3. The number of amides is 1. The number of anilines is 1. The fourth-order valence-corrected chi connectivity index (χ4v) is 5.40. The van der Waals surface area contributed by atoms with Crippen molar-refractivity contribution >= 4 is 32.4 Å². The highest BCUT2D eigenvalue weighted by Gasteiger charge is 2.28. The van der Waals surface area contributed by atoms with E-state index in [4.69, 9.17) is 0 Å². The van der Waals surface area contributed by atoms with Crippen molar-refractivity contribution in [3.8, 4) is 0 Å². The van der Waals surface area contributed by atoms with Crippen LogP contribution in [0.3, 0.4) is 0 Å². The summed E-state index contributed by atoms with van der Waals surface area (Å²) in [4.78, 5) is 25.1. The maximum atomic E-state index is 12.8. The summed E-state index contributed by atoms with van der Waals surface area (Å²) in [5.74, 6) is -0.0837. The van der Waals surface area contributed by atoms with Crippen LogP contribution in [0.2, 0.25) is 0 Å². The summed E-state index contributed by atoms with van der Waals surface area (Å²) >= 11 is 0. The molecule has 9 heteroatoms. The molecule has 1 unspecified atom stereocenters. The zero-order valence-corrected chi connectivity index (χ0v) is 18.0. The van der Waals surface area contributed by atoms with E-state index >= 15 is 0 Å². The minimum atomic E-state index is -3.55. The Hall–Kier alpha value is -3.04. The van der Waals surface area contributed by atoms with Crippen LogP contribution in [0.15, 0.2) is 64.4 Å². The number of nitrogens with one attached hydrogen (secondary N) is 1. The molecule has 0 spiro atoms. The molecule has 0 bridgehead atoms. The Balaban J connectivity index is 1.45. The molecular formula is C22H24N4O4S. The number of sulfonamides is 1. The fraction of sp³-hybridized carbons (Fsp3) is 0.318. The molecule has 1 N–H and O–H groups in total. The first-order valence-electron chi connectivity index (χ1n) is 10.2. The minimum absolute atomic E-state index is 0.201. The monoisotopic (exact) mass is 440 g/mol. The molecule has 0 aliphatic carbocycles. The fourth-order valence-electron chi connectivity index (χ4n) is 3.80. The van der Waals surface area contributed by atoms with Crippen molar-refractivity contribution in [2.75, 3.05) is 18.4 Å². The molecule has 2 aromatic carbocycles. The van der Waals surface area contributed by atoms with Crippen molar-refractivity contribution in [1.82, 2.24) is 14.1 Å². The number of hydrogen-bond acceptors (Lipinski definition) is 5. The van der Waals surface area contributed by atoms with Crippen LogP contribution < -0.4 is 10.9 Å². The Labute approximate surface area is 180 Å². The first-order valence-corrected chi connectivity index (χ1v) is 11.6. The van der Waals surface area contributed by atoms with Crippen LogP contribution >= 0.6 is 0 Å². The van der Waals surface area contributed by atoms with Gasteiger partial charge in [-0.3, -0.25) is 9.59 Å². The second-order valence-corrected chi connectivity index (χ2v) is 9.82. The third kappa shape index (κ3) is 4.52. The Morgan fingerprint density at radius 2 is 1.90 bits per heavy atom. The van der Waals surface area contributed by atoms with E-state index in [-0.39, 0.29) is 17.0 Å². The summed E-state index contributed by atoms with van der Waals surface area (Å²) in [5, 5.41) is 7.94. The molecule has 1 aliphatic heterocycles. The van der Waals surface area contributed by atoms with Crippen LogP contribution in [0, 0.1) is 5.92 Å². The van der Waals surface area contributed by atoms with Crippen molar-refractivity contribution in [1.29, 1.82) is 0 Å². The molecule has 31 heavy (non-hydrogen) atoms. The van der Waals surface area contributed by atoms with Crippen molar-refractivity contribution in [3.05, 3.63) is 65.1 Å². The van der Waals surface area contributed by atoms with Gasteiger partial charge in [0.25, 0.3) is 5.56 Å². The van der Waals surface area contributed by atoms with Crippen LogP contribution in [0.4, 0.5) is 5.69 Å². The maximum absolute atomic E-state index is 12.8. The van der Waals surface area contributed by atoms with Gasteiger partial charge >= 0.3 is 0 Å². The largest absolute Gasteiger partial charge is 0.324 e. The average Bonchev–Trinajstić information content (AvgIpc) is 2.76. The SMILES string of the molecule is CC1CCCN(S(=O)(=O)c2ccc(NC(=O)Cn3ncc4ccccc4c3=O)cc2)C1. The molecule has 4 rings (SSSR count). The van der Waals surface area contributed by atoms with Gasteiger partial charge in [0.05, 0.1) is 16.5 Å². The number of fused-ring (bicyclic) bond motifs is 1. The predicted octanol–water partition coefficient (Wildman–Crippen LogP) is 2.46. The van der Waals surface area contributed by atoms with Gasteiger partial charge in [-0.05, 0) is 49.1 Å². The number of hydrogen-bond donors (Lipinski definition) is 1. The van der Waals surface area contributed by atoms with Crippen molar-refractivity contribution in [2.24, 2.45) is 5.92 Å². The van der Waals surface area contributed by atoms with Crippen LogP contribution in [-0.2, 0) is 21.4 Å². The zero-order valence-electron chi connectivity index (χ0n) is 17.2. The molecule has 1 atom stereocenters. The van der Waals surface area contributed by atoms with E-state index in [1.54, 1.807) is 36.5 Å². The van der Waals surface area contributed by atoms with Crippen molar-refractivity contribution in [2.45, 2.75) is 31.2 Å². The molecule has 1 amide bonds. The predicted molar refractivity (Wildman–Crippen MR) is 118 cm³/mol. The van der Waals surface area contributed by atoms with E-state index in [0.29, 0.717) is 35.5 Å². The molecule has 0 saturated carbocycles. The number of carbonyl (C=O) groups excluding carboxylic acids is 1. The summed E-state index contributed by atoms with van der Waals surface area (Å²) in [6.07, 6.45) is 3.44. The van der Waals surface area contributed by atoms with Gasteiger partial charge in [0, 0.05) is 24.2 Å². The summed E-state index contributed by atoms with van der Waals surface area (Å²) in [6.45, 7) is 2.86. The lowest BCUT2D eigenvalue weighted by Crippen LogP contribution is -2.39.